The summed E-state index contributed by atoms with van der Waals surface area (Å²) in [5.41, 5.74) is 1.39. The summed E-state index contributed by atoms with van der Waals surface area (Å²) in [6.07, 6.45) is 4.56. The number of nitrogens with one attached hydrogen (secondary N) is 1. The number of hydrogen-bond donors (Lipinski definition) is 1. The third-order valence-corrected chi connectivity index (χ3v) is 6.55. The van der Waals surface area contributed by atoms with Crippen molar-refractivity contribution in [3.05, 3.63) is 54.5 Å². The summed E-state index contributed by atoms with van der Waals surface area (Å²) in [6, 6.07) is 11.5. The molecule has 4 rings (SSSR count). The zero-order valence-electron chi connectivity index (χ0n) is 16.2. The van der Waals surface area contributed by atoms with Gasteiger partial charge in [0.1, 0.15) is 0 Å². The molecule has 29 heavy (non-hydrogen) atoms. The second kappa shape index (κ2) is 7.92. The number of fused-ring (bicyclic) bond motifs is 1. The average Bonchev–Trinajstić information content (AvgIpc) is 3.34. The predicted molar refractivity (Wildman–Crippen MR) is 109 cm³/mol. The molecule has 2 aromatic heterocycles. The van der Waals surface area contributed by atoms with Gasteiger partial charge in [0, 0.05) is 24.8 Å². The highest BCUT2D eigenvalue weighted by molar-refractivity contribution is 7.89. The lowest BCUT2D eigenvalue weighted by Crippen LogP contribution is -2.30. The van der Waals surface area contributed by atoms with Gasteiger partial charge in [-0.3, -0.25) is 9.20 Å². The first-order valence-corrected chi connectivity index (χ1v) is 11.2. The van der Waals surface area contributed by atoms with Crippen LogP contribution in [-0.4, -0.2) is 35.5 Å². The molecule has 3 heterocycles. The lowest BCUT2D eigenvalue weighted by atomic mass is 10.2. The predicted octanol–water partition coefficient (Wildman–Crippen LogP) is 2.68. The molecule has 1 atom stereocenters. The van der Waals surface area contributed by atoms with E-state index in [0.29, 0.717) is 30.9 Å². The van der Waals surface area contributed by atoms with Crippen LogP contribution in [-0.2, 0) is 14.8 Å². The maximum Gasteiger partial charge on any atom is 0.241 e. The fourth-order valence-corrected chi connectivity index (χ4v) is 4.84. The summed E-state index contributed by atoms with van der Waals surface area (Å²) in [5.74, 6) is 0.630. The summed E-state index contributed by atoms with van der Waals surface area (Å²) >= 11 is 0. The molecule has 1 aliphatic heterocycles. The average molecular weight is 414 g/mol. The summed E-state index contributed by atoms with van der Waals surface area (Å²) in [4.78, 5) is 13.7. The molecule has 1 fully saturated rings. The van der Waals surface area contributed by atoms with Gasteiger partial charge in [-0.15, -0.1) is 10.2 Å². The van der Waals surface area contributed by atoms with Crippen molar-refractivity contribution in [2.24, 2.45) is 0 Å². The number of anilines is 1. The lowest BCUT2D eigenvalue weighted by Gasteiger charge is -2.18. The van der Waals surface area contributed by atoms with Crippen LogP contribution in [0.25, 0.3) is 5.65 Å². The van der Waals surface area contributed by atoms with E-state index in [2.05, 4.69) is 14.9 Å². The molecule has 1 N–H and O–H groups in total. The Morgan fingerprint density at radius 2 is 1.93 bits per heavy atom. The van der Waals surface area contributed by atoms with Crippen molar-refractivity contribution in [1.82, 2.24) is 19.3 Å². The Balaban J connectivity index is 1.59. The van der Waals surface area contributed by atoms with E-state index in [1.165, 1.54) is 12.1 Å². The Hall–Kier alpha value is -2.78. The molecular formula is C20H23N5O3S. The van der Waals surface area contributed by atoms with Crippen molar-refractivity contribution < 1.29 is 13.2 Å². The van der Waals surface area contributed by atoms with Crippen LogP contribution in [0.1, 0.15) is 44.5 Å². The van der Waals surface area contributed by atoms with E-state index in [1.807, 2.05) is 31.3 Å². The van der Waals surface area contributed by atoms with Crippen LogP contribution in [0.2, 0.25) is 0 Å². The van der Waals surface area contributed by atoms with Crippen LogP contribution in [0.15, 0.2) is 53.6 Å². The van der Waals surface area contributed by atoms with E-state index in [0.717, 1.165) is 18.5 Å². The molecule has 1 saturated heterocycles. The molecule has 1 aliphatic rings. The van der Waals surface area contributed by atoms with Gasteiger partial charge in [0.25, 0.3) is 0 Å². The first-order valence-electron chi connectivity index (χ1n) is 9.72. The van der Waals surface area contributed by atoms with Crippen LogP contribution >= 0.6 is 0 Å². The van der Waals surface area contributed by atoms with Gasteiger partial charge in [-0.25, -0.2) is 13.1 Å². The van der Waals surface area contributed by atoms with Crippen molar-refractivity contribution in [3.63, 3.8) is 0 Å². The number of benzene rings is 1. The van der Waals surface area contributed by atoms with E-state index >= 15 is 0 Å². The molecule has 0 unspecified atom stereocenters. The first kappa shape index (κ1) is 19.5. The highest BCUT2D eigenvalue weighted by Crippen LogP contribution is 2.25. The monoisotopic (exact) mass is 413 g/mol. The second-order valence-corrected chi connectivity index (χ2v) is 8.81. The molecule has 0 radical (unpaired) electrons. The van der Waals surface area contributed by atoms with Gasteiger partial charge in [-0.05, 0) is 49.2 Å². The van der Waals surface area contributed by atoms with Crippen molar-refractivity contribution >= 4 is 27.3 Å². The van der Waals surface area contributed by atoms with Crippen molar-refractivity contribution in [2.45, 2.75) is 43.5 Å². The molecule has 0 spiro atoms. The Morgan fingerprint density at radius 1 is 1.14 bits per heavy atom. The van der Waals surface area contributed by atoms with Crippen LogP contribution < -0.4 is 9.62 Å². The maximum atomic E-state index is 13.0. The van der Waals surface area contributed by atoms with Crippen molar-refractivity contribution in [1.29, 1.82) is 0 Å². The van der Waals surface area contributed by atoms with Gasteiger partial charge < -0.3 is 4.90 Å². The van der Waals surface area contributed by atoms with Gasteiger partial charge in [0.05, 0.1) is 10.9 Å². The Morgan fingerprint density at radius 3 is 2.62 bits per heavy atom. The Kier molecular flexibility index (Phi) is 5.33. The number of carbonyl (C=O) groups is 1. The second-order valence-electron chi connectivity index (χ2n) is 7.09. The minimum Gasteiger partial charge on any atom is -0.312 e. The van der Waals surface area contributed by atoms with Crippen LogP contribution in [0.3, 0.4) is 0 Å². The molecule has 0 saturated carbocycles. The number of amides is 1. The number of nitrogens with zero attached hydrogens (tertiary/aromatic N) is 4. The minimum atomic E-state index is -3.76. The minimum absolute atomic E-state index is 0.0698. The van der Waals surface area contributed by atoms with Crippen molar-refractivity contribution in [3.8, 4) is 0 Å². The molecule has 3 aromatic rings. The van der Waals surface area contributed by atoms with E-state index in [-0.39, 0.29) is 10.8 Å². The van der Waals surface area contributed by atoms with Gasteiger partial charge >= 0.3 is 0 Å². The molecule has 1 aromatic carbocycles. The smallest absolute Gasteiger partial charge is 0.241 e. The van der Waals surface area contributed by atoms with Gasteiger partial charge in [0.2, 0.25) is 15.9 Å². The molecule has 0 aliphatic carbocycles. The summed E-state index contributed by atoms with van der Waals surface area (Å²) in [6.45, 7) is 2.66. The number of carbonyl (C=O) groups excluding carboxylic acids is 1. The van der Waals surface area contributed by atoms with E-state index in [1.54, 1.807) is 21.4 Å². The summed E-state index contributed by atoms with van der Waals surface area (Å²) in [7, 11) is -3.76. The van der Waals surface area contributed by atoms with Crippen LogP contribution in [0.5, 0.6) is 0 Å². The largest absolute Gasteiger partial charge is 0.312 e. The highest BCUT2D eigenvalue weighted by atomic mass is 32.2. The van der Waals surface area contributed by atoms with Gasteiger partial charge in [-0.1, -0.05) is 19.4 Å². The number of sulfonamides is 1. The summed E-state index contributed by atoms with van der Waals surface area (Å²) in [5, 5.41) is 8.34. The number of rotatable bonds is 7. The molecule has 8 nitrogen and oxygen atoms in total. The zero-order chi connectivity index (χ0) is 20.4. The van der Waals surface area contributed by atoms with Gasteiger partial charge in [-0.2, -0.15) is 0 Å². The third kappa shape index (κ3) is 3.88. The SMILES string of the molecule is CCC[C@@H](NS(=O)(=O)c1ccc(N2CCCC2=O)cc1)c1nnc2ccccn12. The van der Waals surface area contributed by atoms with E-state index in [9.17, 15) is 13.2 Å². The molecular weight excluding hydrogens is 390 g/mol. The molecule has 152 valence electrons. The standard InChI is InChI=1S/C20H23N5O3S/c1-2-6-17(20-22-21-18-7-3-4-13-25(18)20)23-29(27,28)16-11-9-15(10-12-16)24-14-5-8-19(24)26/h3-4,7,9-13,17,23H,2,5-6,8,14H2,1H3/t17-/m1/s1. The Bertz CT molecular complexity index is 1120. The highest BCUT2D eigenvalue weighted by Gasteiger charge is 2.26. The fourth-order valence-electron chi connectivity index (χ4n) is 3.61. The third-order valence-electron chi connectivity index (χ3n) is 5.06. The van der Waals surface area contributed by atoms with Gasteiger partial charge in [0.15, 0.2) is 11.5 Å². The molecule has 0 bridgehead atoms. The lowest BCUT2D eigenvalue weighted by molar-refractivity contribution is -0.117. The molecule has 9 heteroatoms. The number of pyridine rings is 1. The number of aromatic nitrogens is 3. The normalized spacial score (nSPS) is 15.9. The van der Waals surface area contributed by atoms with Crippen molar-refractivity contribution in [2.75, 3.05) is 11.4 Å². The Labute approximate surface area is 169 Å². The van der Waals surface area contributed by atoms with E-state index < -0.39 is 16.1 Å². The summed E-state index contributed by atoms with van der Waals surface area (Å²) < 4.78 is 30.6. The number of hydrogen-bond acceptors (Lipinski definition) is 5. The topological polar surface area (TPSA) is 96.7 Å². The first-order chi connectivity index (χ1) is 14.0. The zero-order valence-corrected chi connectivity index (χ0v) is 17.0. The fraction of sp³-hybridized carbons (Fsp3) is 0.350. The van der Waals surface area contributed by atoms with E-state index in [4.69, 9.17) is 0 Å². The van der Waals surface area contributed by atoms with Crippen LogP contribution in [0.4, 0.5) is 5.69 Å². The molecule has 1 amide bonds. The quantitative estimate of drug-likeness (QED) is 0.642. The maximum absolute atomic E-state index is 13.0. The van der Waals surface area contributed by atoms with Crippen LogP contribution in [0, 0.1) is 0 Å².